The minimum atomic E-state index is 0.269. The van der Waals surface area contributed by atoms with Crippen LogP contribution in [0.1, 0.15) is 33.9 Å². The molecular formula is C21H20N4. The summed E-state index contributed by atoms with van der Waals surface area (Å²) in [5, 5.41) is 15.8. The molecular weight excluding hydrogens is 308 g/mol. The maximum absolute atomic E-state index is 4.41. The summed E-state index contributed by atoms with van der Waals surface area (Å²) in [4.78, 5) is 0. The van der Waals surface area contributed by atoms with Gasteiger partial charge in [0.15, 0.2) is 0 Å². The quantitative estimate of drug-likeness (QED) is 0.845. The third-order valence-corrected chi connectivity index (χ3v) is 5.47. The second-order valence-corrected chi connectivity index (χ2v) is 7.05. The van der Waals surface area contributed by atoms with Gasteiger partial charge in [0.05, 0.1) is 17.9 Å². The first-order chi connectivity index (χ1) is 12.2. The predicted molar refractivity (Wildman–Crippen MR) is 99.7 cm³/mol. The molecule has 124 valence electrons. The van der Waals surface area contributed by atoms with Crippen molar-refractivity contribution in [2.24, 2.45) is 0 Å². The molecule has 5 rings (SSSR count). The summed E-state index contributed by atoms with van der Waals surface area (Å²) in [6.45, 7) is 5.25. The van der Waals surface area contributed by atoms with Gasteiger partial charge in [-0.15, -0.1) is 5.10 Å². The number of rotatable bonds is 1. The second-order valence-electron chi connectivity index (χ2n) is 7.05. The Bertz CT molecular complexity index is 968. The minimum Gasteiger partial charge on any atom is -0.383 e. The number of fused-ring (bicyclic) bond motifs is 2. The lowest BCUT2D eigenvalue weighted by atomic mass is 9.80. The van der Waals surface area contributed by atoms with E-state index in [1.165, 1.54) is 27.8 Å². The van der Waals surface area contributed by atoms with E-state index in [-0.39, 0.29) is 6.04 Å². The van der Waals surface area contributed by atoms with Gasteiger partial charge in [-0.25, -0.2) is 0 Å². The fourth-order valence-corrected chi connectivity index (χ4v) is 4.29. The summed E-state index contributed by atoms with van der Waals surface area (Å²) in [6.07, 6.45) is 8.20. The maximum atomic E-state index is 4.41. The fourth-order valence-electron chi connectivity index (χ4n) is 4.29. The number of nitrogens with one attached hydrogen (secondary N) is 2. The van der Waals surface area contributed by atoms with Crippen molar-refractivity contribution in [2.75, 3.05) is 6.54 Å². The van der Waals surface area contributed by atoms with Crippen LogP contribution in [-0.4, -0.2) is 22.8 Å². The van der Waals surface area contributed by atoms with Crippen molar-refractivity contribution in [3.05, 3.63) is 81.8 Å². The van der Waals surface area contributed by atoms with Gasteiger partial charge in [0, 0.05) is 29.8 Å². The van der Waals surface area contributed by atoms with Crippen molar-refractivity contribution in [3.8, 4) is 0 Å². The lowest BCUT2D eigenvalue weighted by Crippen LogP contribution is -2.41. The molecule has 0 radical (unpaired) electrons. The van der Waals surface area contributed by atoms with E-state index in [9.17, 15) is 0 Å². The first-order valence-corrected chi connectivity index (χ1v) is 8.74. The third kappa shape index (κ3) is 2.14. The summed E-state index contributed by atoms with van der Waals surface area (Å²) < 4.78 is 0. The summed E-state index contributed by atoms with van der Waals surface area (Å²) >= 11 is 0. The van der Waals surface area contributed by atoms with Crippen molar-refractivity contribution < 1.29 is 0 Å². The Kier molecular flexibility index (Phi) is 3.07. The smallest absolute Gasteiger partial charge is 0.116 e. The van der Waals surface area contributed by atoms with Crippen molar-refractivity contribution in [1.29, 1.82) is 0 Å². The van der Waals surface area contributed by atoms with Crippen LogP contribution >= 0.6 is 0 Å². The van der Waals surface area contributed by atoms with Crippen molar-refractivity contribution in [1.82, 2.24) is 20.8 Å². The van der Waals surface area contributed by atoms with E-state index in [1.807, 2.05) is 6.07 Å². The largest absolute Gasteiger partial charge is 0.383 e. The highest BCUT2D eigenvalue weighted by Crippen LogP contribution is 2.41. The zero-order chi connectivity index (χ0) is 17.0. The van der Waals surface area contributed by atoms with Crippen LogP contribution in [0.4, 0.5) is 0 Å². The molecule has 2 aromatic rings. The van der Waals surface area contributed by atoms with Gasteiger partial charge in [0.2, 0.25) is 0 Å². The van der Waals surface area contributed by atoms with Crippen LogP contribution in [0, 0.1) is 13.8 Å². The van der Waals surface area contributed by atoms with E-state index in [1.54, 1.807) is 6.20 Å². The van der Waals surface area contributed by atoms with Crippen LogP contribution in [0.15, 0.2) is 53.9 Å². The van der Waals surface area contributed by atoms with E-state index in [2.05, 4.69) is 71.2 Å². The Morgan fingerprint density at radius 2 is 2.04 bits per heavy atom. The molecule has 4 nitrogen and oxygen atoms in total. The lowest BCUT2D eigenvalue weighted by Gasteiger charge is -2.34. The Morgan fingerprint density at radius 1 is 1.12 bits per heavy atom. The number of allylic oxidation sites excluding steroid dienone is 1. The molecule has 0 spiro atoms. The highest BCUT2D eigenvalue weighted by Gasteiger charge is 2.38. The average Bonchev–Trinajstić information content (AvgIpc) is 2.97. The molecule has 2 N–H and O–H groups in total. The predicted octanol–water partition coefficient (Wildman–Crippen LogP) is 3.07. The van der Waals surface area contributed by atoms with Gasteiger partial charge in [-0.05, 0) is 36.6 Å². The van der Waals surface area contributed by atoms with E-state index in [0.29, 0.717) is 5.92 Å². The molecule has 2 atom stereocenters. The number of aryl methyl sites for hydroxylation is 2. The van der Waals surface area contributed by atoms with Crippen molar-refractivity contribution >= 4 is 11.8 Å². The zero-order valence-corrected chi connectivity index (χ0v) is 14.4. The van der Waals surface area contributed by atoms with Gasteiger partial charge in [-0.3, -0.25) is 0 Å². The molecule has 0 saturated carbocycles. The van der Waals surface area contributed by atoms with E-state index >= 15 is 0 Å². The standard InChI is InChI=1S/C21H20N4/c1-12-3-6-16(13(2)9-12)17-11-23-21-18-15(10-22-20(17)18)5-4-14-7-8-24-25-19(14)21/h3-10,17,20,22-23H,11H2,1-2H3. The Hall–Kier alpha value is -2.88. The molecule has 0 amide bonds. The van der Waals surface area contributed by atoms with Crippen LogP contribution in [0.3, 0.4) is 0 Å². The van der Waals surface area contributed by atoms with E-state index in [4.69, 9.17) is 0 Å². The molecule has 0 bridgehead atoms. The van der Waals surface area contributed by atoms with Gasteiger partial charge in [-0.2, -0.15) is 5.10 Å². The number of hydrogen-bond donors (Lipinski definition) is 2. The first kappa shape index (κ1) is 14.5. The Balaban J connectivity index is 1.64. The zero-order valence-electron chi connectivity index (χ0n) is 14.4. The summed E-state index contributed by atoms with van der Waals surface area (Å²) in [5.74, 6) is 0.389. The van der Waals surface area contributed by atoms with Crippen LogP contribution in [0.2, 0.25) is 0 Å². The van der Waals surface area contributed by atoms with E-state index in [0.717, 1.165) is 23.5 Å². The molecule has 0 fully saturated rings. The number of benzene rings is 1. The molecule has 1 aromatic carbocycles. The maximum Gasteiger partial charge on any atom is 0.116 e. The lowest BCUT2D eigenvalue weighted by molar-refractivity contribution is 0.514. The van der Waals surface area contributed by atoms with Gasteiger partial charge >= 0.3 is 0 Å². The number of hydrogen-bond acceptors (Lipinski definition) is 4. The molecule has 1 aromatic heterocycles. The van der Waals surface area contributed by atoms with Gasteiger partial charge in [0.25, 0.3) is 0 Å². The van der Waals surface area contributed by atoms with Crippen molar-refractivity contribution in [2.45, 2.75) is 25.8 Å². The molecule has 2 aliphatic heterocycles. The van der Waals surface area contributed by atoms with Crippen LogP contribution in [0.5, 0.6) is 0 Å². The molecule has 2 unspecified atom stereocenters. The third-order valence-electron chi connectivity index (χ3n) is 5.47. The molecule has 3 heterocycles. The minimum absolute atomic E-state index is 0.269. The molecule has 1 aliphatic carbocycles. The molecule has 3 aliphatic rings. The number of aromatic nitrogens is 2. The monoisotopic (exact) mass is 328 g/mol. The molecule has 0 saturated heterocycles. The molecule has 25 heavy (non-hydrogen) atoms. The van der Waals surface area contributed by atoms with Crippen LogP contribution in [-0.2, 0) is 0 Å². The SMILES string of the molecule is Cc1ccc(C2CNC3=C4C(=CNC42)C=Cc2ccnnc23)c(C)c1. The normalized spacial score (nSPS) is 23.2. The highest BCUT2D eigenvalue weighted by molar-refractivity contribution is 5.83. The highest BCUT2D eigenvalue weighted by atomic mass is 15.1. The first-order valence-electron chi connectivity index (χ1n) is 8.74. The molecule has 4 heteroatoms. The van der Waals surface area contributed by atoms with Gasteiger partial charge < -0.3 is 10.6 Å². The number of nitrogens with zero attached hydrogens (tertiary/aromatic N) is 2. The topological polar surface area (TPSA) is 49.8 Å². The Morgan fingerprint density at radius 3 is 2.92 bits per heavy atom. The van der Waals surface area contributed by atoms with E-state index < -0.39 is 0 Å². The fraction of sp³-hybridized carbons (Fsp3) is 0.238. The van der Waals surface area contributed by atoms with Gasteiger partial charge in [0.1, 0.15) is 5.69 Å². The van der Waals surface area contributed by atoms with Crippen LogP contribution in [0.25, 0.3) is 11.8 Å². The second kappa shape index (κ2) is 5.31. The van der Waals surface area contributed by atoms with Crippen LogP contribution < -0.4 is 10.6 Å². The summed E-state index contributed by atoms with van der Waals surface area (Å²) in [7, 11) is 0. The summed E-state index contributed by atoms with van der Waals surface area (Å²) in [6, 6.07) is 9.06. The Labute approximate surface area is 147 Å². The summed E-state index contributed by atoms with van der Waals surface area (Å²) in [5.41, 5.74) is 9.81. The average molecular weight is 328 g/mol. The van der Waals surface area contributed by atoms with Crippen molar-refractivity contribution in [3.63, 3.8) is 0 Å². The van der Waals surface area contributed by atoms with Gasteiger partial charge in [-0.1, -0.05) is 35.9 Å².